The number of fused-ring (bicyclic) bond motifs is 1. The number of rotatable bonds is 1. The standard InChI is InChI=1S/C14H14INO3/c15-9-1-2-11-10(7-9)13(17)12(14(18)16-11)8-3-5-19-6-4-8/h1-2,7-8H,3-6H2,(H2,16,17,18). The van der Waals surface area contributed by atoms with Crippen LogP contribution in [-0.2, 0) is 4.74 Å². The number of H-pyrrole nitrogens is 1. The summed E-state index contributed by atoms with van der Waals surface area (Å²) in [6.07, 6.45) is 1.57. The minimum absolute atomic E-state index is 0.0831. The molecule has 0 atom stereocenters. The lowest BCUT2D eigenvalue weighted by atomic mass is 9.91. The van der Waals surface area contributed by atoms with Gasteiger partial charge >= 0.3 is 0 Å². The maximum atomic E-state index is 12.2. The fraction of sp³-hybridized carbons (Fsp3) is 0.357. The van der Waals surface area contributed by atoms with Crippen molar-refractivity contribution in [2.75, 3.05) is 13.2 Å². The second-order valence-corrected chi connectivity index (χ2v) is 6.04. The molecule has 1 fully saturated rings. The third kappa shape index (κ3) is 2.36. The van der Waals surface area contributed by atoms with Crippen LogP contribution in [0.4, 0.5) is 0 Å². The second-order valence-electron chi connectivity index (χ2n) is 4.79. The van der Waals surface area contributed by atoms with Gasteiger partial charge in [0.05, 0.1) is 11.1 Å². The first-order valence-electron chi connectivity index (χ1n) is 6.29. The van der Waals surface area contributed by atoms with Crippen LogP contribution in [0, 0.1) is 3.57 Å². The lowest BCUT2D eigenvalue weighted by Gasteiger charge is -2.22. The summed E-state index contributed by atoms with van der Waals surface area (Å²) in [7, 11) is 0. The van der Waals surface area contributed by atoms with Crippen LogP contribution in [0.15, 0.2) is 23.0 Å². The van der Waals surface area contributed by atoms with Gasteiger partial charge in [0.1, 0.15) is 5.75 Å². The third-order valence-electron chi connectivity index (χ3n) is 3.61. The zero-order chi connectivity index (χ0) is 13.4. The summed E-state index contributed by atoms with van der Waals surface area (Å²) >= 11 is 2.20. The summed E-state index contributed by atoms with van der Waals surface area (Å²) in [5, 5.41) is 11.2. The van der Waals surface area contributed by atoms with Gasteiger partial charge in [-0.2, -0.15) is 0 Å². The van der Waals surface area contributed by atoms with E-state index in [-0.39, 0.29) is 17.2 Å². The van der Waals surface area contributed by atoms with Crippen LogP contribution in [0.3, 0.4) is 0 Å². The summed E-state index contributed by atoms with van der Waals surface area (Å²) in [5.74, 6) is 0.212. The molecule has 2 heterocycles. The molecule has 1 aliphatic rings. The summed E-state index contributed by atoms with van der Waals surface area (Å²) in [5.41, 5.74) is 1.01. The predicted molar refractivity (Wildman–Crippen MR) is 81.7 cm³/mol. The SMILES string of the molecule is O=c1[nH]c2ccc(I)cc2c(O)c1C1CCOCC1. The number of hydrogen-bond acceptors (Lipinski definition) is 3. The number of nitrogens with one attached hydrogen (secondary N) is 1. The Morgan fingerprint density at radius 2 is 2.05 bits per heavy atom. The van der Waals surface area contributed by atoms with E-state index in [2.05, 4.69) is 27.6 Å². The normalized spacial score (nSPS) is 16.9. The Labute approximate surface area is 123 Å². The molecule has 0 bridgehead atoms. The number of aromatic hydroxyl groups is 1. The summed E-state index contributed by atoms with van der Waals surface area (Å²) < 4.78 is 6.35. The highest BCUT2D eigenvalue weighted by atomic mass is 127. The quantitative estimate of drug-likeness (QED) is 0.758. The lowest BCUT2D eigenvalue weighted by Crippen LogP contribution is -2.22. The second kappa shape index (κ2) is 5.13. The number of pyridine rings is 1. The fourth-order valence-electron chi connectivity index (χ4n) is 2.63. The molecule has 2 aromatic rings. The Morgan fingerprint density at radius 3 is 2.79 bits per heavy atom. The molecule has 5 heteroatoms. The number of halogens is 1. The van der Waals surface area contributed by atoms with E-state index >= 15 is 0 Å². The van der Waals surface area contributed by atoms with Gasteiger partial charge in [-0.25, -0.2) is 0 Å². The van der Waals surface area contributed by atoms with Gasteiger partial charge in [-0.05, 0) is 59.5 Å². The summed E-state index contributed by atoms with van der Waals surface area (Å²) in [6.45, 7) is 1.29. The largest absolute Gasteiger partial charge is 0.507 e. The Kier molecular flexibility index (Phi) is 3.49. The maximum absolute atomic E-state index is 12.2. The van der Waals surface area contributed by atoms with Gasteiger partial charge in [-0.1, -0.05) is 0 Å². The van der Waals surface area contributed by atoms with Crippen molar-refractivity contribution in [3.05, 3.63) is 37.7 Å². The molecule has 19 heavy (non-hydrogen) atoms. The van der Waals surface area contributed by atoms with Gasteiger partial charge in [0.2, 0.25) is 0 Å². The number of ether oxygens (including phenoxy) is 1. The van der Waals surface area contributed by atoms with Crippen molar-refractivity contribution in [2.45, 2.75) is 18.8 Å². The number of aromatic nitrogens is 1. The molecule has 1 aromatic heterocycles. The van der Waals surface area contributed by atoms with Crippen LogP contribution in [0.25, 0.3) is 10.9 Å². The van der Waals surface area contributed by atoms with E-state index < -0.39 is 0 Å². The van der Waals surface area contributed by atoms with Crippen molar-refractivity contribution in [2.24, 2.45) is 0 Å². The minimum Gasteiger partial charge on any atom is -0.507 e. The van der Waals surface area contributed by atoms with Crippen LogP contribution >= 0.6 is 22.6 Å². The number of benzene rings is 1. The van der Waals surface area contributed by atoms with E-state index in [1.807, 2.05) is 18.2 Å². The number of aromatic amines is 1. The Bertz CT molecular complexity index is 674. The molecular weight excluding hydrogens is 357 g/mol. The van der Waals surface area contributed by atoms with E-state index in [1.165, 1.54) is 0 Å². The molecule has 0 amide bonds. The van der Waals surface area contributed by atoms with E-state index in [9.17, 15) is 9.90 Å². The predicted octanol–water partition coefficient (Wildman–Crippen LogP) is 2.73. The van der Waals surface area contributed by atoms with E-state index in [0.29, 0.717) is 29.7 Å². The van der Waals surface area contributed by atoms with Crippen molar-refractivity contribution in [1.82, 2.24) is 4.98 Å². The van der Waals surface area contributed by atoms with Gasteiger partial charge in [0.15, 0.2) is 0 Å². The molecule has 1 aliphatic heterocycles. The molecule has 2 N–H and O–H groups in total. The van der Waals surface area contributed by atoms with Crippen LogP contribution in [-0.4, -0.2) is 23.3 Å². The lowest BCUT2D eigenvalue weighted by molar-refractivity contribution is 0.0846. The Hall–Kier alpha value is -1.08. The first-order valence-corrected chi connectivity index (χ1v) is 7.37. The van der Waals surface area contributed by atoms with Crippen LogP contribution < -0.4 is 5.56 Å². The van der Waals surface area contributed by atoms with Crippen LogP contribution in [0.5, 0.6) is 5.75 Å². The van der Waals surface area contributed by atoms with E-state index in [4.69, 9.17) is 4.74 Å². The summed E-state index contributed by atoms with van der Waals surface area (Å²) in [6, 6.07) is 5.63. The number of hydrogen-bond donors (Lipinski definition) is 2. The van der Waals surface area contributed by atoms with Gasteiger partial charge in [0, 0.05) is 22.2 Å². The first-order chi connectivity index (χ1) is 9.16. The summed E-state index contributed by atoms with van der Waals surface area (Å²) in [4.78, 5) is 15.0. The van der Waals surface area contributed by atoms with Crippen molar-refractivity contribution >= 4 is 33.5 Å². The van der Waals surface area contributed by atoms with Crippen molar-refractivity contribution < 1.29 is 9.84 Å². The van der Waals surface area contributed by atoms with Crippen LogP contribution in [0.1, 0.15) is 24.3 Å². The average molecular weight is 371 g/mol. The van der Waals surface area contributed by atoms with Gasteiger partial charge in [0.25, 0.3) is 5.56 Å². The molecule has 0 aliphatic carbocycles. The molecule has 1 saturated heterocycles. The smallest absolute Gasteiger partial charge is 0.255 e. The molecule has 4 nitrogen and oxygen atoms in total. The molecule has 0 saturated carbocycles. The fourth-order valence-corrected chi connectivity index (χ4v) is 3.12. The highest BCUT2D eigenvalue weighted by Gasteiger charge is 2.23. The zero-order valence-electron chi connectivity index (χ0n) is 10.3. The van der Waals surface area contributed by atoms with Crippen molar-refractivity contribution in [1.29, 1.82) is 0 Å². The maximum Gasteiger partial charge on any atom is 0.255 e. The first kappa shape index (κ1) is 12.9. The highest BCUT2D eigenvalue weighted by molar-refractivity contribution is 14.1. The molecule has 1 aromatic carbocycles. The molecule has 100 valence electrons. The topological polar surface area (TPSA) is 62.3 Å². The molecular formula is C14H14INO3. The third-order valence-corrected chi connectivity index (χ3v) is 4.29. The van der Waals surface area contributed by atoms with Gasteiger partial charge in [-0.15, -0.1) is 0 Å². The van der Waals surface area contributed by atoms with Crippen molar-refractivity contribution in [3.63, 3.8) is 0 Å². The monoisotopic (exact) mass is 371 g/mol. The van der Waals surface area contributed by atoms with Crippen LogP contribution in [0.2, 0.25) is 0 Å². The highest BCUT2D eigenvalue weighted by Crippen LogP contribution is 2.34. The van der Waals surface area contributed by atoms with E-state index in [0.717, 1.165) is 16.4 Å². The van der Waals surface area contributed by atoms with Crippen molar-refractivity contribution in [3.8, 4) is 5.75 Å². The van der Waals surface area contributed by atoms with E-state index in [1.54, 1.807) is 0 Å². The minimum atomic E-state index is -0.182. The molecule has 0 radical (unpaired) electrons. The Balaban J connectivity index is 2.20. The van der Waals surface area contributed by atoms with Gasteiger partial charge < -0.3 is 14.8 Å². The Morgan fingerprint density at radius 1 is 1.32 bits per heavy atom. The molecule has 0 unspecified atom stereocenters. The average Bonchev–Trinajstić information content (AvgIpc) is 2.41. The molecule has 3 rings (SSSR count). The van der Waals surface area contributed by atoms with Gasteiger partial charge in [-0.3, -0.25) is 4.79 Å². The molecule has 0 spiro atoms. The zero-order valence-corrected chi connectivity index (χ0v) is 12.4.